The lowest BCUT2D eigenvalue weighted by atomic mass is 10.3. The number of benzene rings is 1. The minimum Gasteiger partial charge on any atom is -0.351 e. The van der Waals surface area contributed by atoms with Gasteiger partial charge in [0.05, 0.1) is 17.6 Å². The molecule has 0 atom stereocenters. The molecule has 0 unspecified atom stereocenters. The Morgan fingerprint density at radius 2 is 1.88 bits per heavy atom. The molecule has 0 spiro atoms. The maximum Gasteiger partial charge on any atom is 0.0705 e. The van der Waals surface area contributed by atoms with E-state index < -0.39 is 0 Å². The maximum atomic E-state index is 4.33. The van der Waals surface area contributed by atoms with Crippen LogP contribution in [0.1, 0.15) is 6.92 Å². The average Bonchev–Trinajstić information content (AvgIpc) is 2.36. The molecule has 0 fully saturated rings. The number of hydrogen-bond acceptors (Lipinski definition) is 3. The SMILES string of the molecule is C=C(/C=N/N(C)c1ccccc1)N(C)/C=C\C. The topological polar surface area (TPSA) is 18.8 Å². The van der Waals surface area contributed by atoms with Crippen molar-refractivity contribution >= 4 is 11.9 Å². The lowest BCUT2D eigenvalue weighted by molar-refractivity contribution is 0.603. The quantitative estimate of drug-likeness (QED) is 0.570. The van der Waals surface area contributed by atoms with Crippen LogP contribution in [0.2, 0.25) is 0 Å². The second kappa shape index (κ2) is 6.53. The minimum absolute atomic E-state index is 0.839. The van der Waals surface area contributed by atoms with E-state index >= 15 is 0 Å². The molecule has 1 rings (SSSR count). The number of allylic oxidation sites excluding steroid dienone is 2. The number of anilines is 1. The standard InChI is InChI=1S/C14H19N3/c1-5-11-16(3)13(2)12-15-17(4)14-9-7-6-8-10-14/h5-12H,2H2,1,3-4H3/b11-5-,15-12+. The van der Waals surface area contributed by atoms with Crippen molar-refractivity contribution in [3.63, 3.8) is 0 Å². The Hall–Kier alpha value is -2.03. The van der Waals surface area contributed by atoms with Gasteiger partial charge in [-0.2, -0.15) is 5.10 Å². The molecule has 0 radical (unpaired) electrons. The van der Waals surface area contributed by atoms with Crippen LogP contribution >= 0.6 is 0 Å². The maximum absolute atomic E-state index is 4.33. The molecule has 0 saturated carbocycles. The number of para-hydroxylation sites is 1. The zero-order chi connectivity index (χ0) is 12.7. The fraction of sp³-hybridized carbons (Fsp3) is 0.214. The molecule has 1 aromatic carbocycles. The lowest BCUT2D eigenvalue weighted by Crippen LogP contribution is -2.13. The minimum atomic E-state index is 0.839. The van der Waals surface area contributed by atoms with Crippen LogP contribution in [0, 0.1) is 0 Å². The zero-order valence-electron chi connectivity index (χ0n) is 10.7. The number of hydrogen-bond donors (Lipinski definition) is 0. The van der Waals surface area contributed by atoms with E-state index in [4.69, 9.17) is 0 Å². The molecule has 0 aliphatic heterocycles. The Kier molecular flexibility index (Phi) is 5.01. The third-order valence-corrected chi connectivity index (χ3v) is 2.34. The first kappa shape index (κ1) is 13.0. The molecular weight excluding hydrogens is 210 g/mol. The fourth-order valence-electron chi connectivity index (χ4n) is 1.27. The summed E-state index contributed by atoms with van der Waals surface area (Å²) in [6, 6.07) is 9.98. The van der Waals surface area contributed by atoms with E-state index in [1.54, 1.807) is 6.21 Å². The van der Waals surface area contributed by atoms with Crippen LogP contribution in [-0.4, -0.2) is 25.2 Å². The highest BCUT2D eigenvalue weighted by Crippen LogP contribution is 2.10. The Labute approximate surface area is 103 Å². The van der Waals surface area contributed by atoms with Crippen LogP contribution in [0.4, 0.5) is 5.69 Å². The van der Waals surface area contributed by atoms with Crippen molar-refractivity contribution in [2.75, 3.05) is 19.1 Å². The molecule has 1 aromatic rings. The van der Waals surface area contributed by atoms with Crippen LogP contribution in [0.15, 0.2) is 60.0 Å². The molecule has 0 aliphatic carbocycles. The van der Waals surface area contributed by atoms with Gasteiger partial charge in [-0.05, 0) is 25.3 Å². The van der Waals surface area contributed by atoms with Gasteiger partial charge in [0.1, 0.15) is 0 Å². The van der Waals surface area contributed by atoms with E-state index in [0.717, 1.165) is 11.4 Å². The first-order valence-corrected chi connectivity index (χ1v) is 5.52. The lowest BCUT2D eigenvalue weighted by Gasteiger charge is -2.15. The van der Waals surface area contributed by atoms with Gasteiger partial charge in [-0.25, -0.2) is 0 Å². The summed E-state index contributed by atoms with van der Waals surface area (Å²) in [5, 5.41) is 6.15. The van der Waals surface area contributed by atoms with Gasteiger partial charge in [0, 0.05) is 14.1 Å². The summed E-state index contributed by atoms with van der Waals surface area (Å²) in [6.45, 7) is 5.91. The largest absolute Gasteiger partial charge is 0.351 e. The Morgan fingerprint density at radius 3 is 2.47 bits per heavy atom. The van der Waals surface area contributed by atoms with Crippen LogP contribution in [-0.2, 0) is 0 Å². The molecule has 0 N–H and O–H groups in total. The van der Waals surface area contributed by atoms with E-state index in [1.165, 1.54) is 0 Å². The van der Waals surface area contributed by atoms with Crippen molar-refractivity contribution in [2.45, 2.75) is 6.92 Å². The third-order valence-electron chi connectivity index (χ3n) is 2.34. The van der Waals surface area contributed by atoms with Gasteiger partial charge in [0.25, 0.3) is 0 Å². The predicted molar refractivity (Wildman–Crippen MR) is 75.1 cm³/mol. The van der Waals surface area contributed by atoms with E-state index in [2.05, 4.69) is 11.7 Å². The number of hydrazone groups is 1. The summed E-state index contributed by atoms with van der Waals surface area (Å²) < 4.78 is 0. The monoisotopic (exact) mass is 229 g/mol. The molecule has 0 bridgehead atoms. The van der Waals surface area contributed by atoms with Crippen molar-refractivity contribution in [2.24, 2.45) is 5.10 Å². The number of nitrogens with zero attached hydrogens (tertiary/aromatic N) is 3. The van der Waals surface area contributed by atoms with Crippen molar-refractivity contribution in [3.05, 3.63) is 54.9 Å². The van der Waals surface area contributed by atoms with Gasteiger partial charge in [-0.3, -0.25) is 5.01 Å². The van der Waals surface area contributed by atoms with Crippen molar-refractivity contribution in [1.29, 1.82) is 0 Å². The van der Waals surface area contributed by atoms with Gasteiger partial charge in [-0.15, -0.1) is 0 Å². The predicted octanol–water partition coefficient (Wildman–Crippen LogP) is 3.09. The second-order valence-corrected chi connectivity index (χ2v) is 3.69. The smallest absolute Gasteiger partial charge is 0.0705 e. The third kappa shape index (κ3) is 4.15. The summed E-state index contributed by atoms with van der Waals surface area (Å²) in [6.07, 6.45) is 5.64. The second-order valence-electron chi connectivity index (χ2n) is 3.69. The average molecular weight is 229 g/mol. The van der Waals surface area contributed by atoms with Crippen molar-refractivity contribution in [1.82, 2.24) is 4.90 Å². The molecule has 0 saturated heterocycles. The van der Waals surface area contributed by atoms with E-state index in [-0.39, 0.29) is 0 Å². The Morgan fingerprint density at radius 1 is 1.24 bits per heavy atom. The van der Waals surface area contributed by atoms with Crippen LogP contribution in [0.5, 0.6) is 0 Å². The van der Waals surface area contributed by atoms with Gasteiger partial charge in [-0.1, -0.05) is 30.9 Å². The van der Waals surface area contributed by atoms with Gasteiger partial charge < -0.3 is 4.90 Å². The van der Waals surface area contributed by atoms with Crippen LogP contribution in [0.3, 0.4) is 0 Å². The van der Waals surface area contributed by atoms with Crippen LogP contribution < -0.4 is 5.01 Å². The molecule has 3 nitrogen and oxygen atoms in total. The van der Waals surface area contributed by atoms with Crippen LogP contribution in [0.25, 0.3) is 0 Å². The molecular formula is C14H19N3. The normalized spacial score (nSPS) is 11.0. The fourth-order valence-corrected chi connectivity index (χ4v) is 1.27. The summed E-state index contributed by atoms with van der Waals surface area (Å²) in [5.74, 6) is 0. The molecule has 3 heteroatoms. The summed E-state index contributed by atoms with van der Waals surface area (Å²) in [7, 11) is 3.85. The first-order valence-electron chi connectivity index (χ1n) is 5.52. The molecule has 0 amide bonds. The van der Waals surface area contributed by atoms with Gasteiger partial charge in [0.15, 0.2) is 0 Å². The summed E-state index contributed by atoms with van der Waals surface area (Å²) >= 11 is 0. The zero-order valence-corrected chi connectivity index (χ0v) is 10.7. The summed E-state index contributed by atoms with van der Waals surface area (Å²) in [5.41, 5.74) is 1.89. The van der Waals surface area contributed by atoms with E-state index in [9.17, 15) is 0 Å². The van der Waals surface area contributed by atoms with Crippen molar-refractivity contribution < 1.29 is 0 Å². The van der Waals surface area contributed by atoms with Gasteiger partial charge in [0.2, 0.25) is 0 Å². The van der Waals surface area contributed by atoms with Crippen molar-refractivity contribution in [3.8, 4) is 0 Å². The Bertz CT molecular complexity index is 407. The molecule has 90 valence electrons. The van der Waals surface area contributed by atoms with E-state index in [1.807, 2.05) is 73.5 Å². The summed E-state index contributed by atoms with van der Waals surface area (Å²) in [4.78, 5) is 1.92. The molecule has 0 aromatic heterocycles. The highest BCUT2D eigenvalue weighted by atomic mass is 15.4. The molecule has 17 heavy (non-hydrogen) atoms. The molecule has 0 heterocycles. The number of rotatable bonds is 5. The van der Waals surface area contributed by atoms with Gasteiger partial charge >= 0.3 is 0 Å². The highest BCUT2D eigenvalue weighted by molar-refractivity contribution is 5.78. The highest BCUT2D eigenvalue weighted by Gasteiger charge is 1.97. The Balaban J connectivity index is 2.63. The first-order chi connectivity index (χ1) is 8.15. The molecule has 0 aliphatic rings. The van der Waals surface area contributed by atoms with E-state index in [0.29, 0.717) is 0 Å².